The number of terminal acetylenes is 1. The van der Waals surface area contributed by atoms with Gasteiger partial charge < -0.3 is 16.0 Å². The van der Waals surface area contributed by atoms with Gasteiger partial charge in [-0.2, -0.15) is 0 Å². The number of likely N-dealkylation sites (tertiary alicyclic amines) is 1. The van der Waals surface area contributed by atoms with Crippen LogP contribution in [0.2, 0.25) is 0 Å². The van der Waals surface area contributed by atoms with Crippen LogP contribution in [0, 0.1) is 18.3 Å². The molecule has 18 heavy (non-hydrogen) atoms. The second-order valence-corrected chi connectivity index (χ2v) is 5.06. The van der Waals surface area contributed by atoms with Crippen molar-refractivity contribution in [3.63, 3.8) is 0 Å². The van der Waals surface area contributed by atoms with E-state index in [4.69, 9.17) is 12.2 Å². The number of carbonyl (C=O) groups excluding carboxylic acids is 2. The van der Waals surface area contributed by atoms with E-state index in [2.05, 4.69) is 11.2 Å². The largest absolute Gasteiger partial charge is 0.353 e. The van der Waals surface area contributed by atoms with Crippen LogP contribution in [0.5, 0.6) is 0 Å². The average molecular weight is 249 g/mol. The molecule has 2 heterocycles. The van der Waals surface area contributed by atoms with Crippen molar-refractivity contribution in [1.29, 1.82) is 0 Å². The Balaban J connectivity index is 1.93. The number of rotatable bonds is 2. The van der Waals surface area contributed by atoms with E-state index in [0.717, 1.165) is 12.8 Å². The van der Waals surface area contributed by atoms with Gasteiger partial charge in [0.1, 0.15) is 0 Å². The zero-order chi connectivity index (χ0) is 13.1. The maximum Gasteiger partial charge on any atom is 0.240 e. The van der Waals surface area contributed by atoms with E-state index in [0.29, 0.717) is 25.4 Å². The lowest BCUT2D eigenvalue weighted by atomic mass is 9.85. The van der Waals surface area contributed by atoms with E-state index in [1.54, 1.807) is 4.90 Å². The van der Waals surface area contributed by atoms with Crippen molar-refractivity contribution < 1.29 is 9.59 Å². The Morgan fingerprint density at radius 1 is 1.61 bits per heavy atom. The molecule has 3 N–H and O–H groups in total. The zero-order valence-corrected chi connectivity index (χ0v) is 10.4. The van der Waals surface area contributed by atoms with Gasteiger partial charge in [-0.1, -0.05) is 0 Å². The van der Waals surface area contributed by atoms with E-state index in [9.17, 15) is 9.59 Å². The predicted molar refractivity (Wildman–Crippen MR) is 67.3 cm³/mol. The topological polar surface area (TPSA) is 75.4 Å². The summed E-state index contributed by atoms with van der Waals surface area (Å²) < 4.78 is 0. The summed E-state index contributed by atoms with van der Waals surface area (Å²) in [6.45, 7) is 1.33. The fourth-order valence-electron chi connectivity index (χ4n) is 2.76. The number of hydrogen-bond donors (Lipinski definition) is 2. The van der Waals surface area contributed by atoms with E-state index in [1.165, 1.54) is 0 Å². The third-order valence-electron chi connectivity index (χ3n) is 3.79. The number of piperidine rings is 2. The fraction of sp³-hybridized carbons (Fsp3) is 0.692. The van der Waals surface area contributed by atoms with Crippen LogP contribution in [-0.2, 0) is 9.59 Å². The van der Waals surface area contributed by atoms with Gasteiger partial charge in [-0.3, -0.25) is 9.59 Å². The summed E-state index contributed by atoms with van der Waals surface area (Å²) >= 11 is 0. The molecule has 0 saturated carbocycles. The molecule has 0 aromatic carbocycles. The van der Waals surface area contributed by atoms with Gasteiger partial charge in [0, 0.05) is 32.0 Å². The quantitative estimate of drug-likeness (QED) is 0.646. The maximum atomic E-state index is 12.0. The number of fused-ring (bicyclic) bond motifs is 1. The number of amides is 2. The Labute approximate surface area is 107 Å². The van der Waals surface area contributed by atoms with Gasteiger partial charge in [-0.25, -0.2) is 0 Å². The zero-order valence-electron chi connectivity index (χ0n) is 10.4. The first-order chi connectivity index (χ1) is 8.61. The standard InChI is InChI=1S/C13H19N3O2/c1-2-3-10(14)13(18)16-7-6-11-9(8-16)4-5-12(17)15-11/h1,9-11H,3-8,14H2,(H,15,17). The summed E-state index contributed by atoms with van der Waals surface area (Å²) in [5, 5.41) is 2.99. The van der Waals surface area contributed by atoms with Crippen LogP contribution < -0.4 is 11.1 Å². The highest BCUT2D eigenvalue weighted by atomic mass is 16.2. The molecule has 0 radical (unpaired) electrons. The second-order valence-electron chi connectivity index (χ2n) is 5.06. The lowest BCUT2D eigenvalue weighted by Gasteiger charge is -2.42. The van der Waals surface area contributed by atoms with E-state index < -0.39 is 6.04 Å². The van der Waals surface area contributed by atoms with E-state index in [-0.39, 0.29) is 24.3 Å². The highest BCUT2D eigenvalue weighted by molar-refractivity contribution is 5.82. The minimum Gasteiger partial charge on any atom is -0.353 e. The highest BCUT2D eigenvalue weighted by Crippen LogP contribution is 2.25. The summed E-state index contributed by atoms with van der Waals surface area (Å²) in [5.74, 6) is 2.84. The average Bonchev–Trinajstić information content (AvgIpc) is 2.37. The summed E-state index contributed by atoms with van der Waals surface area (Å²) in [7, 11) is 0. The summed E-state index contributed by atoms with van der Waals surface area (Å²) in [5.41, 5.74) is 5.75. The van der Waals surface area contributed by atoms with Crippen LogP contribution in [0.3, 0.4) is 0 Å². The van der Waals surface area contributed by atoms with Crippen LogP contribution in [0.1, 0.15) is 25.7 Å². The first-order valence-electron chi connectivity index (χ1n) is 6.39. The first-order valence-corrected chi connectivity index (χ1v) is 6.39. The summed E-state index contributed by atoms with van der Waals surface area (Å²) in [6, 6.07) is -0.371. The van der Waals surface area contributed by atoms with Crippen molar-refractivity contribution in [3.8, 4) is 12.3 Å². The molecule has 2 saturated heterocycles. The Morgan fingerprint density at radius 2 is 2.39 bits per heavy atom. The van der Waals surface area contributed by atoms with Gasteiger partial charge in [-0.15, -0.1) is 12.3 Å². The van der Waals surface area contributed by atoms with Gasteiger partial charge in [0.15, 0.2) is 0 Å². The summed E-state index contributed by atoms with van der Waals surface area (Å²) in [4.78, 5) is 25.1. The summed E-state index contributed by atoms with van der Waals surface area (Å²) in [6.07, 6.45) is 7.67. The van der Waals surface area contributed by atoms with Gasteiger partial charge in [0.05, 0.1) is 6.04 Å². The third-order valence-corrected chi connectivity index (χ3v) is 3.79. The highest BCUT2D eigenvalue weighted by Gasteiger charge is 2.36. The first kappa shape index (κ1) is 12.9. The second kappa shape index (κ2) is 5.40. The van der Waals surface area contributed by atoms with E-state index >= 15 is 0 Å². The molecule has 5 heteroatoms. The molecule has 2 amide bonds. The molecule has 0 aromatic rings. The smallest absolute Gasteiger partial charge is 0.240 e. The molecule has 98 valence electrons. The molecule has 0 aliphatic carbocycles. The molecule has 0 aromatic heterocycles. The maximum absolute atomic E-state index is 12.0. The SMILES string of the molecule is C#CCC(N)C(=O)N1CCC2NC(=O)CCC2C1. The van der Waals surface area contributed by atoms with Crippen molar-refractivity contribution in [2.75, 3.05) is 13.1 Å². The van der Waals surface area contributed by atoms with Gasteiger partial charge in [-0.05, 0) is 18.8 Å². The fourth-order valence-corrected chi connectivity index (χ4v) is 2.76. The Morgan fingerprint density at radius 3 is 3.11 bits per heavy atom. The molecule has 3 unspecified atom stereocenters. The van der Waals surface area contributed by atoms with Gasteiger partial charge in [0.25, 0.3) is 0 Å². The Kier molecular flexibility index (Phi) is 3.87. The minimum atomic E-state index is -0.593. The van der Waals surface area contributed by atoms with Crippen LogP contribution in [-0.4, -0.2) is 41.9 Å². The predicted octanol–water partition coefficient (Wildman–Crippen LogP) is -0.536. The Bertz CT molecular complexity index is 388. The monoisotopic (exact) mass is 249 g/mol. The van der Waals surface area contributed by atoms with Crippen LogP contribution in [0.25, 0.3) is 0 Å². The molecular weight excluding hydrogens is 230 g/mol. The van der Waals surface area contributed by atoms with Crippen LogP contribution in [0.15, 0.2) is 0 Å². The van der Waals surface area contributed by atoms with Gasteiger partial charge in [0.2, 0.25) is 11.8 Å². The number of nitrogens with one attached hydrogen (secondary N) is 1. The molecule has 2 aliphatic heterocycles. The van der Waals surface area contributed by atoms with E-state index in [1.807, 2.05) is 0 Å². The van der Waals surface area contributed by atoms with Crippen molar-refractivity contribution in [2.45, 2.75) is 37.8 Å². The van der Waals surface area contributed by atoms with Crippen molar-refractivity contribution in [1.82, 2.24) is 10.2 Å². The molecule has 0 bridgehead atoms. The lowest BCUT2D eigenvalue weighted by Crippen LogP contribution is -2.57. The molecule has 2 aliphatic rings. The molecule has 2 rings (SSSR count). The molecular formula is C13H19N3O2. The number of nitrogens with two attached hydrogens (primary N) is 1. The van der Waals surface area contributed by atoms with Crippen molar-refractivity contribution in [3.05, 3.63) is 0 Å². The van der Waals surface area contributed by atoms with Gasteiger partial charge >= 0.3 is 0 Å². The normalized spacial score (nSPS) is 28.9. The molecule has 5 nitrogen and oxygen atoms in total. The van der Waals surface area contributed by atoms with Crippen molar-refractivity contribution in [2.24, 2.45) is 11.7 Å². The van der Waals surface area contributed by atoms with Crippen LogP contribution >= 0.6 is 0 Å². The number of nitrogens with zero attached hydrogens (tertiary/aromatic N) is 1. The number of carbonyl (C=O) groups is 2. The molecule has 0 spiro atoms. The number of hydrogen-bond acceptors (Lipinski definition) is 3. The molecule has 2 fully saturated rings. The molecule has 3 atom stereocenters. The Hall–Kier alpha value is -1.54. The minimum absolute atomic E-state index is 0.0664. The lowest BCUT2D eigenvalue weighted by molar-refractivity contribution is -0.136. The van der Waals surface area contributed by atoms with Crippen molar-refractivity contribution >= 4 is 11.8 Å². The van der Waals surface area contributed by atoms with Crippen LogP contribution in [0.4, 0.5) is 0 Å². The third kappa shape index (κ3) is 2.65.